The van der Waals surface area contributed by atoms with Crippen molar-refractivity contribution in [2.24, 2.45) is 10.1 Å². The lowest BCUT2D eigenvalue weighted by atomic mass is 10.1. The van der Waals surface area contributed by atoms with Gasteiger partial charge < -0.3 is 14.2 Å². The zero-order chi connectivity index (χ0) is 19.3. The van der Waals surface area contributed by atoms with Crippen LogP contribution in [0.3, 0.4) is 0 Å². The number of hydrogen-bond acceptors (Lipinski definition) is 6. The molecule has 6 nitrogen and oxygen atoms in total. The fourth-order valence-electron chi connectivity index (χ4n) is 2.82. The van der Waals surface area contributed by atoms with Crippen LogP contribution in [-0.2, 0) is 0 Å². The molecule has 1 aliphatic heterocycles. The van der Waals surface area contributed by atoms with Crippen LogP contribution >= 0.6 is 11.3 Å². The molecule has 0 fully saturated rings. The van der Waals surface area contributed by atoms with Gasteiger partial charge in [0.25, 0.3) is 0 Å². The minimum Gasteiger partial charge on any atom is -0.496 e. The van der Waals surface area contributed by atoms with Crippen molar-refractivity contribution in [3.63, 3.8) is 0 Å². The third-order valence-corrected chi connectivity index (χ3v) is 5.00. The van der Waals surface area contributed by atoms with Crippen LogP contribution in [0.4, 0.5) is 0 Å². The fraction of sp³-hybridized carbons (Fsp3) is 0.143. The molecule has 0 atom stereocenters. The molecule has 2 heterocycles. The van der Waals surface area contributed by atoms with Crippen molar-refractivity contribution in [1.82, 2.24) is 4.68 Å². The minimum absolute atomic E-state index is 0.248. The van der Waals surface area contributed by atoms with Gasteiger partial charge in [-0.15, -0.1) is 17.9 Å². The molecule has 28 heavy (non-hydrogen) atoms. The molecule has 142 valence electrons. The lowest BCUT2D eigenvalue weighted by molar-refractivity contribution is 0.174. The fourth-order valence-corrected chi connectivity index (χ4v) is 3.66. The Morgan fingerprint density at radius 1 is 1.21 bits per heavy atom. The number of para-hydroxylation sites is 1. The molecule has 0 saturated heterocycles. The summed E-state index contributed by atoms with van der Waals surface area (Å²) in [5, 5.41) is 6.71. The molecule has 7 heteroatoms. The third kappa shape index (κ3) is 3.57. The van der Waals surface area contributed by atoms with Gasteiger partial charge in [-0.2, -0.15) is 5.10 Å². The quantitative estimate of drug-likeness (QED) is 0.471. The van der Waals surface area contributed by atoms with Crippen LogP contribution in [0.25, 0.3) is 11.3 Å². The van der Waals surface area contributed by atoms with Gasteiger partial charge >= 0.3 is 0 Å². The number of rotatable bonds is 6. The van der Waals surface area contributed by atoms with E-state index >= 15 is 0 Å². The molecule has 0 bridgehead atoms. The number of benzene rings is 2. The summed E-state index contributed by atoms with van der Waals surface area (Å²) >= 11 is 1.52. The van der Waals surface area contributed by atoms with E-state index in [4.69, 9.17) is 14.2 Å². The highest BCUT2D eigenvalue weighted by molar-refractivity contribution is 7.07. The monoisotopic (exact) mass is 393 g/mol. The summed E-state index contributed by atoms with van der Waals surface area (Å²) in [4.78, 5) is 5.34. The normalized spacial score (nSPS) is 13.2. The number of methoxy groups -OCH3 is 1. The van der Waals surface area contributed by atoms with E-state index in [9.17, 15) is 0 Å². The molecule has 1 aliphatic rings. The van der Waals surface area contributed by atoms with Crippen molar-refractivity contribution in [2.45, 2.75) is 0 Å². The van der Waals surface area contributed by atoms with Gasteiger partial charge in [0, 0.05) is 10.9 Å². The van der Waals surface area contributed by atoms with E-state index in [1.807, 2.05) is 52.5 Å². The predicted octanol–water partition coefficient (Wildman–Crippen LogP) is 3.92. The summed E-state index contributed by atoms with van der Waals surface area (Å²) in [5.41, 5.74) is 2.76. The maximum atomic E-state index is 5.52. The minimum atomic E-state index is 0.248. The first kappa shape index (κ1) is 18.1. The van der Waals surface area contributed by atoms with Crippen molar-refractivity contribution in [3.05, 3.63) is 70.9 Å². The van der Waals surface area contributed by atoms with E-state index in [0.717, 1.165) is 38.9 Å². The molecule has 0 spiro atoms. The second-order valence-electron chi connectivity index (χ2n) is 5.90. The van der Waals surface area contributed by atoms with Gasteiger partial charge in [0.1, 0.15) is 5.75 Å². The molecule has 1 aromatic heterocycles. The molecule has 4 rings (SSSR count). The summed E-state index contributed by atoms with van der Waals surface area (Å²) in [7, 11) is 1.66. The van der Waals surface area contributed by atoms with Crippen molar-refractivity contribution in [1.29, 1.82) is 0 Å². The Morgan fingerprint density at radius 3 is 2.93 bits per heavy atom. The van der Waals surface area contributed by atoms with Gasteiger partial charge in [0.15, 0.2) is 11.5 Å². The van der Waals surface area contributed by atoms with Gasteiger partial charge in [-0.1, -0.05) is 18.2 Å². The van der Waals surface area contributed by atoms with Crippen LogP contribution in [0.2, 0.25) is 0 Å². The molecule has 0 radical (unpaired) electrons. The summed E-state index contributed by atoms with van der Waals surface area (Å²) in [6, 6.07) is 13.6. The first-order chi connectivity index (χ1) is 13.8. The van der Waals surface area contributed by atoms with Gasteiger partial charge in [0.2, 0.25) is 11.6 Å². The van der Waals surface area contributed by atoms with Gasteiger partial charge in [-0.25, -0.2) is 4.68 Å². The third-order valence-electron chi connectivity index (χ3n) is 4.14. The predicted molar refractivity (Wildman–Crippen MR) is 110 cm³/mol. The van der Waals surface area contributed by atoms with Gasteiger partial charge in [0.05, 0.1) is 25.6 Å². The van der Waals surface area contributed by atoms with E-state index in [-0.39, 0.29) is 6.79 Å². The van der Waals surface area contributed by atoms with Crippen LogP contribution in [0.1, 0.15) is 5.56 Å². The van der Waals surface area contributed by atoms with E-state index in [2.05, 4.69) is 16.7 Å². The molecule has 0 unspecified atom stereocenters. The highest BCUT2D eigenvalue weighted by atomic mass is 32.1. The number of thiazole rings is 1. The van der Waals surface area contributed by atoms with E-state index < -0.39 is 0 Å². The molecule has 2 aromatic carbocycles. The van der Waals surface area contributed by atoms with Crippen LogP contribution in [0, 0.1) is 0 Å². The first-order valence-corrected chi connectivity index (χ1v) is 9.57. The Balaban J connectivity index is 1.78. The van der Waals surface area contributed by atoms with Crippen molar-refractivity contribution >= 4 is 17.6 Å². The van der Waals surface area contributed by atoms with Crippen molar-refractivity contribution in [2.75, 3.05) is 20.4 Å². The molecule has 0 saturated carbocycles. The van der Waals surface area contributed by atoms with Crippen LogP contribution in [0.5, 0.6) is 17.2 Å². The number of nitrogens with zero attached hydrogens (tertiary/aromatic N) is 3. The Hall–Kier alpha value is -3.32. The first-order valence-electron chi connectivity index (χ1n) is 8.69. The summed E-state index contributed by atoms with van der Waals surface area (Å²) < 4.78 is 18.1. The zero-order valence-corrected chi connectivity index (χ0v) is 16.2. The van der Waals surface area contributed by atoms with E-state index in [1.54, 1.807) is 19.4 Å². The van der Waals surface area contributed by atoms with E-state index in [0.29, 0.717) is 6.54 Å². The molecule has 0 N–H and O–H groups in total. The Morgan fingerprint density at radius 2 is 2.07 bits per heavy atom. The van der Waals surface area contributed by atoms with Gasteiger partial charge in [-0.05, 0) is 35.9 Å². The highest BCUT2D eigenvalue weighted by Crippen LogP contribution is 2.32. The molecule has 0 aliphatic carbocycles. The topological polar surface area (TPSA) is 57.3 Å². The number of ether oxygens (including phenoxy) is 3. The Labute approximate surface area is 166 Å². The second kappa shape index (κ2) is 8.14. The second-order valence-corrected chi connectivity index (χ2v) is 6.74. The summed E-state index contributed by atoms with van der Waals surface area (Å²) in [6.45, 7) is 4.51. The largest absolute Gasteiger partial charge is 0.496 e. The van der Waals surface area contributed by atoms with E-state index in [1.165, 1.54) is 11.3 Å². The molecule has 0 amide bonds. The molecular formula is C21H19N3O3S. The summed E-state index contributed by atoms with van der Waals surface area (Å²) in [5.74, 6) is 2.25. The Kier molecular flexibility index (Phi) is 5.25. The maximum Gasteiger partial charge on any atom is 0.231 e. The summed E-state index contributed by atoms with van der Waals surface area (Å²) in [6.07, 6.45) is 3.54. The Bertz CT molecular complexity index is 1100. The van der Waals surface area contributed by atoms with Crippen molar-refractivity contribution in [3.8, 4) is 28.5 Å². The standard InChI is InChI=1S/C21H19N3O3S/c1-3-10-22-21-24(17(13-28-21)16-6-4-5-7-18(16)25-2)23-12-15-8-9-19-20(11-15)27-14-26-19/h3-9,11-13H,1,10,14H2,2H3. The lowest BCUT2D eigenvalue weighted by Gasteiger charge is -2.08. The smallest absolute Gasteiger partial charge is 0.231 e. The van der Waals surface area contributed by atoms with Crippen LogP contribution in [-0.4, -0.2) is 31.3 Å². The van der Waals surface area contributed by atoms with Gasteiger partial charge in [-0.3, -0.25) is 4.99 Å². The molecule has 3 aromatic rings. The maximum absolute atomic E-state index is 5.52. The SMILES string of the molecule is C=CCN=c1scc(-c2ccccc2OC)n1N=Cc1ccc2c(c1)OCO2. The lowest BCUT2D eigenvalue weighted by Crippen LogP contribution is -2.12. The number of aromatic nitrogens is 1. The zero-order valence-electron chi connectivity index (χ0n) is 15.4. The van der Waals surface area contributed by atoms with Crippen molar-refractivity contribution < 1.29 is 14.2 Å². The molecular weight excluding hydrogens is 374 g/mol. The number of fused-ring (bicyclic) bond motifs is 1. The average molecular weight is 393 g/mol. The van der Waals surface area contributed by atoms with Crippen LogP contribution in [0.15, 0.2) is 70.6 Å². The van der Waals surface area contributed by atoms with Crippen LogP contribution < -0.4 is 19.0 Å². The number of hydrogen-bond donors (Lipinski definition) is 0. The average Bonchev–Trinajstić information content (AvgIpc) is 3.36. The highest BCUT2D eigenvalue weighted by Gasteiger charge is 2.14.